The molecule has 0 spiro atoms. The summed E-state index contributed by atoms with van der Waals surface area (Å²) < 4.78 is 0. The molecule has 2 amide bonds. The Morgan fingerprint density at radius 1 is 0.889 bits per heavy atom. The second kappa shape index (κ2) is 12.9. The van der Waals surface area contributed by atoms with Crippen LogP contribution in [-0.4, -0.2) is 34.0 Å². The van der Waals surface area contributed by atoms with Gasteiger partial charge in [-0.1, -0.05) is 71.2 Å². The third kappa shape index (κ3) is 8.45. The van der Waals surface area contributed by atoms with Gasteiger partial charge in [-0.2, -0.15) is 0 Å². The van der Waals surface area contributed by atoms with E-state index in [-0.39, 0.29) is 24.1 Å². The fourth-order valence-corrected chi connectivity index (χ4v) is 5.05. The van der Waals surface area contributed by atoms with Gasteiger partial charge >= 0.3 is 0 Å². The summed E-state index contributed by atoms with van der Waals surface area (Å²) in [4.78, 5) is 29.8. The normalized spacial score (nSPS) is 12.2. The predicted octanol–water partition coefficient (Wildman–Crippen LogP) is 7.29. The fourth-order valence-electron chi connectivity index (χ4n) is 3.62. The van der Waals surface area contributed by atoms with Crippen LogP contribution in [0.3, 0.4) is 0 Å². The molecule has 0 saturated heterocycles. The van der Waals surface area contributed by atoms with Gasteiger partial charge in [0.15, 0.2) is 0 Å². The molecule has 0 aliphatic carbocycles. The molecule has 0 saturated carbocycles. The maximum Gasteiger partial charge on any atom is 0.243 e. The molecule has 36 heavy (non-hydrogen) atoms. The van der Waals surface area contributed by atoms with Crippen LogP contribution < -0.4 is 5.32 Å². The summed E-state index contributed by atoms with van der Waals surface area (Å²) in [5, 5.41) is 4.57. The first-order chi connectivity index (χ1) is 17.0. The van der Waals surface area contributed by atoms with E-state index >= 15 is 0 Å². The first-order valence-corrected chi connectivity index (χ1v) is 13.6. The molecule has 3 aromatic rings. The number of rotatable bonds is 9. The number of hydrogen-bond donors (Lipinski definition) is 1. The quantitative estimate of drug-likeness (QED) is 0.278. The molecule has 0 heterocycles. The summed E-state index contributed by atoms with van der Waals surface area (Å²) in [6.45, 7) is 5.85. The summed E-state index contributed by atoms with van der Waals surface area (Å²) >= 11 is 20.3. The van der Waals surface area contributed by atoms with E-state index in [0.717, 1.165) is 10.5 Å². The third-order valence-electron chi connectivity index (χ3n) is 5.34. The van der Waals surface area contributed by atoms with Crippen molar-refractivity contribution < 1.29 is 9.59 Å². The minimum Gasteiger partial charge on any atom is -0.350 e. The Balaban J connectivity index is 1.97. The largest absolute Gasteiger partial charge is 0.350 e. The number of benzene rings is 3. The average molecular weight is 564 g/mol. The van der Waals surface area contributed by atoms with Crippen molar-refractivity contribution in [1.82, 2.24) is 10.2 Å². The lowest BCUT2D eigenvalue weighted by Crippen LogP contribution is -2.54. The molecular formula is C28H29Cl3N2O2S. The third-order valence-corrected chi connectivity index (χ3v) is 7.29. The Kier molecular flexibility index (Phi) is 10.1. The fraction of sp³-hybridized carbons (Fsp3) is 0.286. The van der Waals surface area contributed by atoms with E-state index in [9.17, 15) is 9.59 Å². The van der Waals surface area contributed by atoms with Crippen molar-refractivity contribution in [2.75, 3.05) is 5.75 Å². The molecule has 0 radical (unpaired) electrons. The van der Waals surface area contributed by atoms with Crippen LogP contribution in [0, 0.1) is 0 Å². The zero-order valence-corrected chi connectivity index (χ0v) is 23.5. The van der Waals surface area contributed by atoms with Crippen LogP contribution in [0.25, 0.3) is 0 Å². The Bertz CT molecular complexity index is 1160. The van der Waals surface area contributed by atoms with E-state index < -0.39 is 11.6 Å². The Labute approximate surface area is 232 Å². The highest BCUT2D eigenvalue weighted by Gasteiger charge is 2.33. The summed E-state index contributed by atoms with van der Waals surface area (Å²) in [5.41, 5.74) is 1.08. The summed E-state index contributed by atoms with van der Waals surface area (Å²) in [6, 6.07) is 21.4. The van der Waals surface area contributed by atoms with E-state index in [2.05, 4.69) is 5.32 Å². The number of halogens is 3. The SMILES string of the molecule is CC(C)(C)NC(=O)[C@H](Cc1ccccc1)N(Cc1c(Cl)cccc1Cl)C(=O)CSc1ccc(Cl)cc1. The first-order valence-electron chi connectivity index (χ1n) is 11.5. The highest BCUT2D eigenvalue weighted by molar-refractivity contribution is 8.00. The van der Waals surface area contributed by atoms with E-state index in [1.54, 1.807) is 35.2 Å². The van der Waals surface area contributed by atoms with Crippen LogP contribution in [-0.2, 0) is 22.6 Å². The second-order valence-electron chi connectivity index (χ2n) is 9.41. The van der Waals surface area contributed by atoms with Gasteiger partial charge in [-0.05, 0) is 62.7 Å². The van der Waals surface area contributed by atoms with E-state index in [1.807, 2.05) is 63.2 Å². The van der Waals surface area contributed by atoms with E-state index in [0.29, 0.717) is 27.1 Å². The summed E-state index contributed by atoms with van der Waals surface area (Å²) in [7, 11) is 0. The average Bonchev–Trinajstić information content (AvgIpc) is 2.82. The maximum atomic E-state index is 13.7. The first kappa shape index (κ1) is 28.4. The zero-order valence-electron chi connectivity index (χ0n) is 20.4. The van der Waals surface area contributed by atoms with Crippen LogP contribution in [0.2, 0.25) is 15.1 Å². The topological polar surface area (TPSA) is 49.4 Å². The van der Waals surface area contributed by atoms with Crippen molar-refractivity contribution in [3.05, 3.63) is 99.0 Å². The zero-order chi connectivity index (χ0) is 26.3. The highest BCUT2D eigenvalue weighted by Crippen LogP contribution is 2.28. The Morgan fingerprint density at radius 2 is 1.50 bits per heavy atom. The number of amides is 2. The lowest BCUT2D eigenvalue weighted by atomic mass is 10.0. The van der Waals surface area contributed by atoms with Gasteiger partial charge in [-0.25, -0.2) is 0 Å². The van der Waals surface area contributed by atoms with Gasteiger partial charge in [0, 0.05) is 44.0 Å². The van der Waals surface area contributed by atoms with E-state index in [4.69, 9.17) is 34.8 Å². The Hall–Kier alpha value is -2.18. The molecule has 0 aliphatic rings. The monoisotopic (exact) mass is 562 g/mol. The minimum atomic E-state index is -0.766. The molecule has 1 N–H and O–H groups in total. The summed E-state index contributed by atoms with van der Waals surface area (Å²) in [6.07, 6.45) is 0.349. The Morgan fingerprint density at radius 3 is 2.08 bits per heavy atom. The van der Waals surface area contributed by atoms with Gasteiger partial charge in [-0.15, -0.1) is 11.8 Å². The van der Waals surface area contributed by atoms with Crippen molar-refractivity contribution >= 4 is 58.4 Å². The number of thioether (sulfide) groups is 1. The molecule has 0 aromatic heterocycles. The molecule has 3 aromatic carbocycles. The smallest absolute Gasteiger partial charge is 0.243 e. The van der Waals surface area contributed by atoms with Crippen molar-refractivity contribution in [3.63, 3.8) is 0 Å². The highest BCUT2D eigenvalue weighted by atomic mass is 35.5. The van der Waals surface area contributed by atoms with Crippen LogP contribution in [0.5, 0.6) is 0 Å². The van der Waals surface area contributed by atoms with Crippen molar-refractivity contribution in [2.24, 2.45) is 0 Å². The van der Waals surface area contributed by atoms with Crippen molar-refractivity contribution in [3.8, 4) is 0 Å². The predicted molar refractivity (Wildman–Crippen MR) is 151 cm³/mol. The van der Waals surface area contributed by atoms with Crippen LogP contribution in [0.4, 0.5) is 0 Å². The van der Waals surface area contributed by atoms with Crippen molar-refractivity contribution in [2.45, 2.75) is 50.2 Å². The van der Waals surface area contributed by atoms with Gasteiger partial charge in [-0.3, -0.25) is 9.59 Å². The van der Waals surface area contributed by atoms with Gasteiger partial charge in [0.1, 0.15) is 6.04 Å². The van der Waals surface area contributed by atoms with Gasteiger partial charge in [0.2, 0.25) is 11.8 Å². The van der Waals surface area contributed by atoms with E-state index in [1.165, 1.54) is 11.8 Å². The molecule has 3 rings (SSSR count). The molecule has 190 valence electrons. The maximum absolute atomic E-state index is 13.7. The molecule has 0 bridgehead atoms. The molecule has 0 fully saturated rings. The number of carbonyl (C=O) groups excluding carboxylic acids is 2. The number of nitrogens with one attached hydrogen (secondary N) is 1. The van der Waals surface area contributed by atoms with Gasteiger partial charge < -0.3 is 10.2 Å². The van der Waals surface area contributed by atoms with Gasteiger partial charge in [0.05, 0.1) is 5.75 Å². The molecule has 0 aliphatic heterocycles. The number of hydrogen-bond acceptors (Lipinski definition) is 3. The molecule has 1 atom stereocenters. The van der Waals surface area contributed by atoms with Crippen LogP contribution >= 0.6 is 46.6 Å². The molecule has 8 heteroatoms. The lowest BCUT2D eigenvalue weighted by Gasteiger charge is -2.34. The van der Waals surface area contributed by atoms with Crippen LogP contribution in [0.1, 0.15) is 31.9 Å². The number of nitrogens with zero attached hydrogens (tertiary/aromatic N) is 1. The van der Waals surface area contributed by atoms with Gasteiger partial charge in [0.25, 0.3) is 0 Å². The molecular weight excluding hydrogens is 535 g/mol. The number of carbonyl (C=O) groups is 2. The molecule has 4 nitrogen and oxygen atoms in total. The standard InChI is InChI=1S/C28H29Cl3N2O2S/c1-28(2,3)32-27(35)25(16-19-8-5-4-6-9-19)33(17-22-23(30)10-7-11-24(22)31)26(34)18-36-21-14-12-20(29)13-15-21/h4-15,25H,16-18H2,1-3H3,(H,32,35)/t25-/m0/s1. The van der Waals surface area contributed by atoms with Crippen molar-refractivity contribution in [1.29, 1.82) is 0 Å². The summed E-state index contributed by atoms with van der Waals surface area (Å²) in [5.74, 6) is -0.298. The second-order valence-corrected chi connectivity index (χ2v) is 11.7. The minimum absolute atomic E-state index is 0.105. The lowest BCUT2D eigenvalue weighted by molar-refractivity contribution is -0.140. The molecule has 0 unspecified atom stereocenters. The van der Waals surface area contributed by atoms with Crippen LogP contribution in [0.15, 0.2) is 77.7 Å².